The van der Waals surface area contributed by atoms with Crippen LogP contribution in [-0.2, 0) is 6.42 Å². The third-order valence-corrected chi connectivity index (χ3v) is 4.53. The van der Waals surface area contributed by atoms with Gasteiger partial charge < -0.3 is 10.5 Å². The summed E-state index contributed by atoms with van der Waals surface area (Å²) in [5, 5.41) is 0. The summed E-state index contributed by atoms with van der Waals surface area (Å²) in [5.41, 5.74) is 7.96. The predicted molar refractivity (Wildman–Crippen MR) is 70.8 cm³/mol. The van der Waals surface area contributed by atoms with Gasteiger partial charge >= 0.3 is 0 Å². The minimum absolute atomic E-state index is 0.310. The first-order chi connectivity index (χ1) is 8.79. The Labute approximate surface area is 107 Å². The van der Waals surface area contributed by atoms with E-state index < -0.39 is 0 Å². The van der Waals surface area contributed by atoms with Gasteiger partial charge in [0.05, 0.1) is 6.04 Å². The van der Waals surface area contributed by atoms with Crippen LogP contribution >= 0.6 is 0 Å². The normalized spacial score (nSPS) is 37.3. The summed E-state index contributed by atoms with van der Waals surface area (Å²) >= 11 is 0. The Morgan fingerprint density at radius 2 is 2.00 bits per heavy atom. The maximum absolute atomic E-state index is 6.13. The first-order valence-electron chi connectivity index (χ1n) is 6.81. The van der Waals surface area contributed by atoms with E-state index in [0.29, 0.717) is 12.1 Å². The number of benzene rings is 1. The molecule has 5 rings (SSSR count). The second-order valence-corrected chi connectivity index (χ2v) is 5.63. The van der Waals surface area contributed by atoms with Crippen LogP contribution in [0.25, 0.3) is 0 Å². The third-order valence-electron chi connectivity index (χ3n) is 4.53. The first-order valence-corrected chi connectivity index (χ1v) is 6.81. The minimum Gasteiger partial charge on any atom is -0.488 e. The van der Waals surface area contributed by atoms with Crippen molar-refractivity contribution in [2.24, 2.45) is 0 Å². The first kappa shape index (κ1) is 10.6. The Balaban J connectivity index is 1.55. The lowest BCUT2D eigenvalue weighted by atomic mass is 9.98. The summed E-state index contributed by atoms with van der Waals surface area (Å²) in [4.78, 5) is 5.16. The molecule has 2 unspecified atom stereocenters. The number of fused-ring (bicyclic) bond motifs is 4. The van der Waals surface area contributed by atoms with E-state index in [9.17, 15) is 0 Å². The van der Waals surface area contributed by atoms with Crippen molar-refractivity contribution in [3.8, 4) is 5.75 Å². The molecule has 4 heteroatoms. The number of ether oxygens (including phenoxy) is 1. The third kappa shape index (κ3) is 1.60. The molecule has 0 aliphatic carbocycles. The van der Waals surface area contributed by atoms with Crippen molar-refractivity contribution in [3.63, 3.8) is 0 Å². The number of anilines is 1. The summed E-state index contributed by atoms with van der Waals surface area (Å²) in [7, 11) is 0. The maximum atomic E-state index is 6.13. The van der Waals surface area contributed by atoms with Crippen LogP contribution in [0.2, 0.25) is 0 Å². The molecule has 4 nitrogen and oxygen atoms in total. The van der Waals surface area contributed by atoms with E-state index in [2.05, 4.69) is 15.9 Å². The number of nitrogens with zero attached hydrogens (tertiary/aromatic N) is 2. The maximum Gasteiger partial charge on any atom is 0.123 e. The lowest BCUT2D eigenvalue weighted by molar-refractivity contribution is -0.0315. The van der Waals surface area contributed by atoms with Gasteiger partial charge in [-0.3, -0.25) is 9.80 Å². The van der Waals surface area contributed by atoms with Crippen molar-refractivity contribution >= 4 is 5.69 Å². The van der Waals surface area contributed by atoms with Gasteiger partial charge in [0.15, 0.2) is 0 Å². The van der Waals surface area contributed by atoms with Gasteiger partial charge in [-0.1, -0.05) is 0 Å². The number of hydrogen-bond donors (Lipinski definition) is 1. The van der Waals surface area contributed by atoms with Crippen molar-refractivity contribution in [2.45, 2.75) is 18.6 Å². The van der Waals surface area contributed by atoms with E-state index in [-0.39, 0.29) is 0 Å². The van der Waals surface area contributed by atoms with Crippen molar-refractivity contribution in [1.82, 2.24) is 9.80 Å². The van der Waals surface area contributed by atoms with Crippen molar-refractivity contribution in [2.75, 3.05) is 38.5 Å². The van der Waals surface area contributed by atoms with Crippen LogP contribution in [0.1, 0.15) is 5.56 Å². The minimum atomic E-state index is 0.310. The smallest absolute Gasteiger partial charge is 0.123 e. The molecule has 3 saturated heterocycles. The fourth-order valence-corrected chi connectivity index (χ4v) is 3.52. The summed E-state index contributed by atoms with van der Waals surface area (Å²) in [6.45, 7) is 6.01. The molecule has 0 aromatic heterocycles. The van der Waals surface area contributed by atoms with Gasteiger partial charge in [-0.2, -0.15) is 0 Å². The number of piperazine rings is 3. The number of rotatable bonds is 1. The summed E-state index contributed by atoms with van der Waals surface area (Å²) in [5.74, 6) is 1.03. The highest BCUT2D eigenvalue weighted by Crippen LogP contribution is 2.34. The average Bonchev–Trinajstić information content (AvgIpc) is 2.83. The largest absolute Gasteiger partial charge is 0.488 e. The Morgan fingerprint density at radius 1 is 1.17 bits per heavy atom. The van der Waals surface area contributed by atoms with E-state index in [1.165, 1.54) is 31.7 Å². The van der Waals surface area contributed by atoms with Gasteiger partial charge in [0.2, 0.25) is 0 Å². The molecule has 3 fully saturated rings. The predicted octanol–water partition coefficient (Wildman–Crippen LogP) is 0.572. The zero-order valence-electron chi connectivity index (χ0n) is 10.5. The number of nitrogens with two attached hydrogens (primary N) is 1. The fraction of sp³-hybridized carbons (Fsp3) is 0.571. The highest BCUT2D eigenvalue weighted by Gasteiger charge is 2.40. The van der Waals surface area contributed by atoms with Crippen LogP contribution in [0.15, 0.2) is 18.2 Å². The monoisotopic (exact) mass is 245 g/mol. The molecule has 2 N–H and O–H groups in total. The number of nitrogen functional groups attached to an aromatic ring is 1. The van der Waals surface area contributed by atoms with E-state index >= 15 is 0 Å². The van der Waals surface area contributed by atoms with Crippen LogP contribution in [0, 0.1) is 0 Å². The van der Waals surface area contributed by atoms with Gasteiger partial charge in [0.25, 0.3) is 0 Å². The molecule has 2 bridgehead atoms. The summed E-state index contributed by atoms with van der Waals surface area (Å²) in [6, 6.07) is 6.56. The van der Waals surface area contributed by atoms with Crippen LogP contribution in [0.4, 0.5) is 5.69 Å². The molecular weight excluding hydrogens is 226 g/mol. The summed E-state index contributed by atoms with van der Waals surface area (Å²) in [6.07, 6.45) is 1.32. The quantitative estimate of drug-likeness (QED) is 0.735. The molecule has 4 aliphatic heterocycles. The second kappa shape index (κ2) is 3.87. The molecule has 0 radical (unpaired) electrons. The van der Waals surface area contributed by atoms with Crippen LogP contribution < -0.4 is 10.5 Å². The second-order valence-electron chi connectivity index (χ2n) is 5.63. The molecule has 0 spiro atoms. The highest BCUT2D eigenvalue weighted by molar-refractivity contribution is 5.50. The fourth-order valence-electron chi connectivity index (χ4n) is 3.52. The molecule has 0 saturated carbocycles. The van der Waals surface area contributed by atoms with Gasteiger partial charge in [-0.25, -0.2) is 0 Å². The molecule has 4 aliphatic rings. The molecular formula is C14H19N3O. The highest BCUT2D eigenvalue weighted by atomic mass is 16.5. The standard InChI is InChI=1S/C14H19N3O/c15-11-1-2-13-10(7-11)8-14(18-13)12-9-16-3-5-17(12)6-4-16/h1-2,7,12,14H,3-6,8-9,15H2. The van der Waals surface area contributed by atoms with Crippen molar-refractivity contribution in [1.29, 1.82) is 0 Å². The topological polar surface area (TPSA) is 41.7 Å². The van der Waals surface area contributed by atoms with Crippen LogP contribution in [-0.4, -0.2) is 54.7 Å². The van der Waals surface area contributed by atoms with E-state index in [1.54, 1.807) is 0 Å². The SMILES string of the molecule is Nc1ccc2c(c1)CC(C1CN3CCN1CC3)O2. The Kier molecular flexibility index (Phi) is 2.29. The lowest BCUT2D eigenvalue weighted by Crippen LogP contribution is -2.64. The number of hydrogen-bond acceptors (Lipinski definition) is 4. The molecule has 2 atom stereocenters. The van der Waals surface area contributed by atoms with Gasteiger partial charge in [-0.15, -0.1) is 0 Å². The lowest BCUT2D eigenvalue weighted by Gasteiger charge is -2.49. The van der Waals surface area contributed by atoms with Gasteiger partial charge in [0.1, 0.15) is 11.9 Å². The molecule has 0 amide bonds. The van der Waals surface area contributed by atoms with Crippen LogP contribution in [0.5, 0.6) is 5.75 Å². The zero-order chi connectivity index (χ0) is 12.1. The Hall–Kier alpha value is -1.26. The van der Waals surface area contributed by atoms with Gasteiger partial charge in [-0.05, 0) is 23.8 Å². The van der Waals surface area contributed by atoms with Crippen LogP contribution in [0.3, 0.4) is 0 Å². The Bertz CT molecular complexity index is 468. The molecule has 1 aromatic carbocycles. The van der Waals surface area contributed by atoms with E-state index in [1.807, 2.05) is 12.1 Å². The summed E-state index contributed by atoms with van der Waals surface area (Å²) < 4.78 is 6.13. The molecule has 96 valence electrons. The zero-order valence-corrected chi connectivity index (χ0v) is 10.5. The molecule has 18 heavy (non-hydrogen) atoms. The molecule has 4 heterocycles. The van der Waals surface area contributed by atoms with E-state index in [0.717, 1.165) is 24.4 Å². The van der Waals surface area contributed by atoms with Crippen molar-refractivity contribution < 1.29 is 4.74 Å². The van der Waals surface area contributed by atoms with E-state index in [4.69, 9.17) is 10.5 Å². The van der Waals surface area contributed by atoms with Crippen molar-refractivity contribution in [3.05, 3.63) is 23.8 Å². The Morgan fingerprint density at radius 3 is 2.72 bits per heavy atom. The van der Waals surface area contributed by atoms with Gasteiger partial charge in [0, 0.05) is 44.8 Å². The molecule has 1 aromatic rings. The average molecular weight is 245 g/mol.